The lowest BCUT2D eigenvalue weighted by Gasteiger charge is -2.09. The molecule has 0 spiro atoms. The summed E-state index contributed by atoms with van der Waals surface area (Å²) >= 11 is 3.43. The molecule has 0 saturated carbocycles. The standard InChI is InChI=1S/C24H18IN3O5S/c1-32-19-8-6-17(7-9-19)26-24-27-23(29)22(34-24)13-15-5-10-21(20(25)12-15)33-14-16-3-2-4-18(11-16)28(30)31/h2-13H,14H2,1H3,(H,26,27,29)/b22-13+. The first-order valence-electron chi connectivity index (χ1n) is 10.0. The number of nitrogens with zero attached hydrogens (tertiary/aromatic N) is 2. The Morgan fingerprint density at radius 3 is 2.65 bits per heavy atom. The van der Waals surface area contributed by atoms with Gasteiger partial charge in [0.25, 0.3) is 11.6 Å². The van der Waals surface area contributed by atoms with Crippen LogP contribution in [0, 0.1) is 13.7 Å². The third kappa shape index (κ3) is 5.94. The Kier molecular flexibility index (Phi) is 7.48. The van der Waals surface area contributed by atoms with E-state index in [1.165, 1.54) is 23.9 Å². The highest BCUT2D eigenvalue weighted by molar-refractivity contribution is 14.1. The van der Waals surface area contributed by atoms with E-state index in [0.29, 0.717) is 27.1 Å². The van der Waals surface area contributed by atoms with Crippen LogP contribution >= 0.6 is 34.4 Å². The van der Waals surface area contributed by atoms with Crippen LogP contribution in [0.4, 0.5) is 11.4 Å². The van der Waals surface area contributed by atoms with Gasteiger partial charge in [-0.2, -0.15) is 0 Å². The largest absolute Gasteiger partial charge is 0.497 e. The van der Waals surface area contributed by atoms with Crippen molar-refractivity contribution in [3.63, 3.8) is 0 Å². The molecule has 3 aromatic rings. The quantitative estimate of drug-likeness (QED) is 0.165. The van der Waals surface area contributed by atoms with Crippen LogP contribution in [0.15, 0.2) is 76.6 Å². The Morgan fingerprint density at radius 1 is 1.15 bits per heavy atom. The number of nitrogens with one attached hydrogen (secondary N) is 1. The van der Waals surface area contributed by atoms with Gasteiger partial charge in [-0.25, -0.2) is 4.99 Å². The fraction of sp³-hybridized carbons (Fsp3) is 0.0833. The van der Waals surface area contributed by atoms with Crippen LogP contribution < -0.4 is 14.8 Å². The number of aliphatic imine (C=N–C) groups is 1. The number of carbonyl (C=O) groups excluding carboxylic acids is 1. The van der Waals surface area contributed by atoms with E-state index in [2.05, 4.69) is 32.9 Å². The van der Waals surface area contributed by atoms with E-state index < -0.39 is 4.92 Å². The number of hydrogen-bond donors (Lipinski definition) is 1. The predicted molar refractivity (Wildman–Crippen MR) is 140 cm³/mol. The van der Waals surface area contributed by atoms with Gasteiger partial charge in [-0.3, -0.25) is 14.9 Å². The molecule has 0 aliphatic carbocycles. The average molecular weight is 587 g/mol. The van der Waals surface area contributed by atoms with Crippen molar-refractivity contribution in [1.82, 2.24) is 5.32 Å². The monoisotopic (exact) mass is 587 g/mol. The fourth-order valence-corrected chi connectivity index (χ4v) is 4.59. The van der Waals surface area contributed by atoms with Crippen LogP contribution in [-0.2, 0) is 11.4 Å². The first-order chi connectivity index (χ1) is 16.4. The zero-order chi connectivity index (χ0) is 24.1. The number of ether oxygens (including phenoxy) is 2. The smallest absolute Gasteiger partial charge is 0.269 e. The van der Waals surface area contributed by atoms with Crippen molar-refractivity contribution in [3.05, 3.63) is 96.4 Å². The summed E-state index contributed by atoms with van der Waals surface area (Å²) in [6, 6.07) is 19.2. The molecule has 1 aliphatic heterocycles. The zero-order valence-corrected chi connectivity index (χ0v) is 20.8. The van der Waals surface area contributed by atoms with Crippen molar-refractivity contribution in [3.8, 4) is 11.5 Å². The summed E-state index contributed by atoms with van der Waals surface area (Å²) in [5.74, 6) is 1.18. The minimum atomic E-state index is -0.431. The van der Waals surface area contributed by atoms with Gasteiger partial charge in [0.2, 0.25) is 0 Å². The number of non-ortho nitro benzene ring substituents is 1. The Balaban J connectivity index is 1.43. The number of thioether (sulfide) groups is 1. The first kappa shape index (κ1) is 23.8. The Bertz CT molecular complexity index is 1310. The summed E-state index contributed by atoms with van der Waals surface area (Å²) in [4.78, 5) is 27.9. The minimum absolute atomic E-state index is 0.0278. The maximum atomic E-state index is 12.4. The third-order valence-corrected chi connectivity index (χ3v) is 6.48. The maximum Gasteiger partial charge on any atom is 0.269 e. The van der Waals surface area contributed by atoms with Gasteiger partial charge >= 0.3 is 0 Å². The van der Waals surface area contributed by atoms with Crippen molar-refractivity contribution < 1.29 is 19.2 Å². The summed E-state index contributed by atoms with van der Waals surface area (Å²) in [7, 11) is 1.60. The van der Waals surface area contributed by atoms with Gasteiger partial charge in [0.05, 0.1) is 26.2 Å². The van der Waals surface area contributed by atoms with Gasteiger partial charge in [0, 0.05) is 12.1 Å². The van der Waals surface area contributed by atoms with E-state index in [1.54, 1.807) is 25.3 Å². The number of halogens is 1. The number of amidine groups is 1. The second-order valence-corrected chi connectivity index (χ2v) is 9.28. The second-order valence-electron chi connectivity index (χ2n) is 7.09. The zero-order valence-electron chi connectivity index (χ0n) is 17.9. The van der Waals surface area contributed by atoms with E-state index in [0.717, 1.165) is 14.9 Å². The molecule has 0 atom stereocenters. The number of methoxy groups -OCH3 is 1. The molecule has 1 saturated heterocycles. The molecule has 4 rings (SSSR count). The maximum absolute atomic E-state index is 12.4. The molecular formula is C24H18IN3O5S. The van der Waals surface area contributed by atoms with Crippen LogP contribution in [0.2, 0.25) is 0 Å². The van der Waals surface area contributed by atoms with E-state index in [1.807, 2.05) is 42.5 Å². The highest BCUT2D eigenvalue weighted by atomic mass is 127. The second kappa shape index (κ2) is 10.7. The van der Waals surface area contributed by atoms with Crippen LogP contribution in [-0.4, -0.2) is 23.1 Å². The van der Waals surface area contributed by atoms with Crippen LogP contribution in [0.5, 0.6) is 11.5 Å². The summed E-state index contributed by atoms with van der Waals surface area (Å²) in [5, 5.41) is 14.2. The van der Waals surface area contributed by atoms with Crippen LogP contribution in [0.25, 0.3) is 6.08 Å². The lowest BCUT2D eigenvalue weighted by atomic mass is 10.2. The highest BCUT2D eigenvalue weighted by Gasteiger charge is 2.24. The number of benzene rings is 3. The van der Waals surface area contributed by atoms with E-state index >= 15 is 0 Å². The number of nitro groups is 1. The number of hydrogen-bond acceptors (Lipinski definition) is 7. The predicted octanol–water partition coefficient (Wildman–Crippen LogP) is 5.68. The first-order valence-corrected chi connectivity index (χ1v) is 11.9. The average Bonchev–Trinajstić information content (AvgIpc) is 3.17. The number of rotatable bonds is 7. The van der Waals surface area contributed by atoms with Crippen LogP contribution in [0.1, 0.15) is 11.1 Å². The Labute approximate surface area is 213 Å². The van der Waals surface area contributed by atoms with Gasteiger partial charge in [-0.05, 0) is 88.0 Å². The topological polar surface area (TPSA) is 103 Å². The van der Waals surface area contributed by atoms with E-state index in [4.69, 9.17) is 9.47 Å². The highest BCUT2D eigenvalue weighted by Crippen LogP contribution is 2.30. The van der Waals surface area contributed by atoms with Gasteiger partial charge in [0.15, 0.2) is 5.17 Å². The Morgan fingerprint density at radius 2 is 1.94 bits per heavy atom. The molecule has 10 heteroatoms. The van der Waals surface area contributed by atoms with Crippen molar-refractivity contribution in [2.45, 2.75) is 6.61 Å². The number of nitro benzene ring substituents is 1. The SMILES string of the molecule is COc1ccc(N=C2NC(=O)/C(=C\c3ccc(OCc4cccc([N+](=O)[O-])c4)c(I)c3)S2)cc1. The molecule has 1 fully saturated rings. The molecule has 1 amide bonds. The fourth-order valence-electron chi connectivity index (χ4n) is 3.05. The molecular weight excluding hydrogens is 569 g/mol. The van der Waals surface area contributed by atoms with Crippen molar-refractivity contribution in [2.75, 3.05) is 7.11 Å². The van der Waals surface area contributed by atoms with E-state index in [9.17, 15) is 14.9 Å². The van der Waals surface area contributed by atoms with Crippen LogP contribution in [0.3, 0.4) is 0 Å². The molecule has 1 heterocycles. The number of carbonyl (C=O) groups is 1. The molecule has 0 aromatic heterocycles. The summed E-state index contributed by atoms with van der Waals surface area (Å²) in [6.45, 7) is 0.210. The molecule has 1 N–H and O–H groups in total. The summed E-state index contributed by atoms with van der Waals surface area (Å²) < 4.78 is 11.8. The molecule has 8 nitrogen and oxygen atoms in total. The van der Waals surface area contributed by atoms with Gasteiger partial charge in [-0.1, -0.05) is 18.2 Å². The molecule has 1 aliphatic rings. The number of amides is 1. The summed E-state index contributed by atoms with van der Waals surface area (Å²) in [5.41, 5.74) is 2.29. The normalized spacial score (nSPS) is 15.4. The minimum Gasteiger partial charge on any atom is -0.497 e. The Hall–Kier alpha value is -3.38. The molecule has 34 heavy (non-hydrogen) atoms. The molecule has 3 aromatic carbocycles. The molecule has 0 radical (unpaired) electrons. The van der Waals surface area contributed by atoms with Crippen molar-refractivity contribution in [1.29, 1.82) is 0 Å². The van der Waals surface area contributed by atoms with Gasteiger partial charge in [0.1, 0.15) is 18.1 Å². The van der Waals surface area contributed by atoms with E-state index in [-0.39, 0.29) is 18.2 Å². The lowest BCUT2D eigenvalue weighted by Crippen LogP contribution is -2.19. The van der Waals surface area contributed by atoms with Crippen molar-refractivity contribution >= 4 is 62.9 Å². The van der Waals surface area contributed by atoms with Gasteiger partial charge in [-0.15, -0.1) is 0 Å². The lowest BCUT2D eigenvalue weighted by molar-refractivity contribution is -0.384. The molecule has 0 unspecified atom stereocenters. The summed E-state index contributed by atoms with van der Waals surface area (Å²) in [6.07, 6.45) is 1.79. The van der Waals surface area contributed by atoms with Crippen molar-refractivity contribution in [2.24, 2.45) is 4.99 Å². The molecule has 172 valence electrons. The molecule has 0 bridgehead atoms. The third-order valence-electron chi connectivity index (χ3n) is 4.72. The van der Waals surface area contributed by atoms with Gasteiger partial charge < -0.3 is 14.8 Å².